The minimum Gasteiger partial charge on any atom is -0.399 e. The van der Waals surface area contributed by atoms with Gasteiger partial charge in [-0.3, -0.25) is 14.5 Å². The number of hydrogen-bond donors (Lipinski definition) is 1. The van der Waals surface area contributed by atoms with Gasteiger partial charge in [0.05, 0.1) is 17.5 Å². The quantitative estimate of drug-likeness (QED) is 0.672. The largest absolute Gasteiger partial charge is 0.399 e. The minimum absolute atomic E-state index is 0.146. The highest BCUT2D eigenvalue weighted by atomic mass is 16.2. The minimum atomic E-state index is -0.506. The summed E-state index contributed by atoms with van der Waals surface area (Å²) in [6.07, 6.45) is 0.185. The van der Waals surface area contributed by atoms with Crippen molar-refractivity contribution in [3.63, 3.8) is 0 Å². The Morgan fingerprint density at radius 2 is 2.05 bits per heavy atom. The summed E-state index contributed by atoms with van der Waals surface area (Å²) >= 11 is 0. The van der Waals surface area contributed by atoms with E-state index in [1.54, 1.807) is 12.1 Å². The Kier molecular flexibility index (Phi) is 2.97. The molecule has 2 amide bonds. The van der Waals surface area contributed by atoms with Crippen molar-refractivity contribution in [2.24, 2.45) is 0 Å². The lowest BCUT2D eigenvalue weighted by molar-refractivity contribution is -0.137. The fourth-order valence-corrected chi connectivity index (χ4v) is 2.81. The van der Waals surface area contributed by atoms with Gasteiger partial charge in [-0.05, 0) is 18.2 Å². The number of carbonyl (C=O) groups is 2. The second-order valence-corrected chi connectivity index (χ2v) is 5.75. The number of anilines is 1. The predicted molar refractivity (Wildman–Crippen MR) is 79.7 cm³/mol. The fraction of sp³-hybridized carbons (Fsp3) is 0.400. The van der Waals surface area contributed by atoms with Crippen molar-refractivity contribution in [1.82, 2.24) is 14.5 Å². The number of rotatable bonds is 2. The van der Waals surface area contributed by atoms with Crippen LogP contribution in [0.25, 0.3) is 11.0 Å². The van der Waals surface area contributed by atoms with E-state index in [-0.39, 0.29) is 24.2 Å². The van der Waals surface area contributed by atoms with E-state index in [2.05, 4.69) is 4.98 Å². The number of imide groups is 1. The van der Waals surface area contributed by atoms with Crippen LogP contribution in [0.1, 0.15) is 38.1 Å². The predicted octanol–water partition coefficient (Wildman–Crippen LogP) is 1.67. The van der Waals surface area contributed by atoms with Crippen LogP contribution >= 0.6 is 0 Å². The molecule has 1 aliphatic heterocycles. The van der Waals surface area contributed by atoms with Gasteiger partial charge in [-0.1, -0.05) is 13.8 Å². The molecule has 110 valence electrons. The maximum atomic E-state index is 12.3. The Bertz CT molecular complexity index is 747. The van der Waals surface area contributed by atoms with Gasteiger partial charge in [0.15, 0.2) is 0 Å². The summed E-state index contributed by atoms with van der Waals surface area (Å²) in [5.74, 6) is 0.611. The van der Waals surface area contributed by atoms with Crippen molar-refractivity contribution >= 4 is 28.5 Å². The molecule has 1 aliphatic rings. The average molecular weight is 286 g/mol. The molecule has 0 radical (unpaired) electrons. The van der Waals surface area contributed by atoms with E-state index in [1.807, 2.05) is 24.5 Å². The number of benzene rings is 1. The zero-order valence-corrected chi connectivity index (χ0v) is 12.3. The second-order valence-electron chi connectivity index (χ2n) is 5.75. The molecule has 0 spiro atoms. The average Bonchev–Trinajstić information content (AvgIpc) is 2.91. The van der Waals surface area contributed by atoms with Crippen LogP contribution in [0.15, 0.2) is 18.2 Å². The summed E-state index contributed by atoms with van der Waals surface area (Å²) in [6, 6.07) is 4.94. The number of amides is 2. The highest BCUT2D eigenvalue weighted by molar-refractivity contribution is 6.04. The van der Waals surface area contributed by atoms with Crippen LogP contribution in [0.5, 0.6) is 0 Å². The Labute approximate surface area is 122 Å². The van der Waals surface area contributed by atoms with Crippen molar-refractivity contribution < 1.29 is 9.59 Å². The van der Waals surface area contributed by atoms with E-state index in [4.69, 9.17) is 5.73 Å². The zero-order chi connectivity index (χ0) is 15.3. The van der Waals surface area contributed by atoms with E-state index in [0.29, 0.717) is 5.69 Å². The SMILES string of the molecule is CC(C)c1nc2cc(N)ccc2n1C1CC(=O)N(C)C1=O. The van der Waals surface area contributed by atoms with Gasteiger partial charge >= 0.3 is 0 Å². The lowest BCUT2D eigenvalue weighted by Crippen LogP contribution is -2.27. The lowest BCUT2D eigenvalue weighted by Gasteiger charge is -2.16. The molecule has 2 N–H and O–H groups in total. The molecule has 1 atom stereocenters. The van der Waals surface area contributed by atoms with Gasteiger partial charge in [0, 0.05) is 18.7 Å². The first-order chi connectivity index (χ1) is 9.90. The standard InChI is InChI=1S/C15H18N4O2/c1-8(2)14-17-10-6-9(16)4-5-11(10)19(14)12-7-13(20)18(3)15(12)21/h4-6,8,12H,7,16H2,1-3H3. The van der Waals surface area contributed by atoms with Crippen molar-refractivity contribution in [2.75, 3.05) is 12.8 Å². The van der Waals surface area contributed by atoms with E-state index >= 15 is 0 Å². The van der Waals surface area contributed by atoms with Crippen LogP contribution in [0.4, 0.5) is 5.69 Å². The Morgan fingerprint density at radius 3 is 2.62 bits per heavy atom. The molecule has 6 heteroatoms. The summed E-state index contributed by atoms with van der Waals surface area (Å²) < 4.78 is 1.89. The van der Waals surface area contributed by atoms with Gasteiger partial charge in [-0.25, -0.2) is 4.98 Å². The molecule has 1 unspecified atom stereocenters. The molecule has 1 aromatic carbocycles. The molecule has 0 saturated carbocycles. The number of fused-ring (bicyclic) bond motifs is 1. The van der Waals surface area contributed by atoms with Crippen molar-refractivity contribution in [3.8, 4) is 0 Å². The summed E-state index contributed by atoms with van der Waals surface area (Å²) in [5, 5.41) is 0. The molecule has 21 heavy (non-hydrogen) atoms. The highest BCUT2D eigenvalue weighted by Gasteiger charge is 2.39. The monoisotopic (exact) mass is 286 g/mol. The van der Waals surface area contributed by atoms with Crippen LogP contribution in [0.2, 0.25) is 0 Å². The molecule has 1 saturated heterocycles. The smallest absolute Gasteiger partial charge is 0.252 e. The molecule has 2 heterocycles. The number of hydrogen-bond acceptors (Lipinski definition) is 4. The summed E-state index contributed by atoms with van der Waals surface area (Å²) in [7, 11) is 1.52. The van der Waals surface area contributed by atoms with Gasteiger partial charge in [0.1, 0.15) is 11.9 Å². The van der Waals surface area contributed by atoms with Crippen LogP contribution in [0, 0.1) is 0 Å². The molecule has 6 nitrogen and oxygen atoms in total. The maximum absolute atomic E-state index is 12.3. The maximum Gasteiger partial charge on any atom is 0.252 e. The van der Waals surface area contributed by atoms with E-state index in [9.17, 15) is 9.59 Å². The van der Waals surface area contributed by atoms with Crippen molar-refractivity contribution in [1.29, 1.82) is 0 Å². The summed E-state index contributed by atoms with van der Waals surface area (Å²) in [4.78, 5) is 29.9. The van der Waals surface area contributed by atoms with E-state index in [1.165, 1.54) is 11.9 Å². The highest BCUT2D eigenvalue weighted by Crippen LogP contribution is 2.32. The third-order valence-electron chi connectivity index (χ3n) is 3.93. The first kappa shape index (κ1) is 13.6. The fourth-order valence-electron chi connectivity index (χ4n) is 2.81. The van der Waals surface area contributed by atoms with Crippen molar-refractivity contribution in [3.05, 3.63) is 24.0 Å². The first-order valence-corrected chi connectivity index (χ1v) is 6.98. The van der Waals surface area contributed by atoms with Gasteiger partial charge in [-0.2, -0.15) is 0 Å². The number of carbonyl (C=O) groups excluding carboxylic acids is 2. The van der Waals surface area contributed by atoms with E-state index in [0.717, 1.165) is 16.9 Å². The zero-order valence-electron chi connectivity index (χ0n) is 12.3. The van der Waals surface area contributed by atoms with E-state index < -0.39 is 6.04 Å². The van der Waals surface area contributed by atoms with Crippen molar-refractivity contribution in [2.45, 2.75) is 32.2 Å². The topological polar surface area (TPSA) is 81.2 Å². The Balaban J connectivity index is 2.23. The number of likely N-dealkylation sites (N-methyl/N-ethyl adjacent to an activating group) is 1. The number of imidazole rings is 1. The number of aromatic nitrogens is 2. The Hall–Kier alpha value is -2.37. The van der Waals surface area contributed by atoms with Gasteiger partial charge in [0.25, 0.3) is 5.91 Å². The molecule has 1 aromatic heterocycles. The third-order valence-corrected chi connectivity index (χ3v) is 3.93. The Morgan fingerprint density at radius 1 is 1.33 bits per heavy atom. The number of nitrogen functional groups attached to an aromatic ring is 1. The molecular formula is C15H18N4O2. The molecular weight excluding hydrogens is 268 g/mol. The lowest BCUT2D eigenvalue weighted by atomic mass is 10.1. The van der Waals surface area contributed by atoms with Crippen LogP contribution in [0.3, 0.4) is 0 Å². The normalized spacial score (nSPS) is 19.2. The van der Waals surface area contributed by atoms with Crippen LogP contribution in [-0.2, 0) is 9.59 Å². The number of nitrogens with two attached hydrogens (primary N) is 1. The second kappa shape index (κ2) is 4.58. The number of likely N-dealkylation sites (tertiary alicyclic amines) is 1. The first-order valence-electron chi connectivity index (χ1n) is 6.98. The van der Waals surface area contributed by atoms with Gasteiger partial charge < -0.3 is 10.3 Å². The third kappa shape index (κ3) is 1.98. The number of nitrogens with zero attached hydrogens (tertiary/aromatic N) is 3. The molecule has 2 aromatic rings. The summed E-state index contributed by atoms with van der Waals surface area (Å²) in [6.45, 7) is 4.04. The summed E-state index contributed by atoms with van der Waals surface area (Å²) in [5.41, 5.74) is 8.04. The molecule has 3 rings (SSSR count). The van der Waals surface area contributed by atoms with Crippen LogP contribution in [-0.4, -0.2) is 33.3 Å². The molecule has 0 aliphatic carbocycles. The van der Waals surface area contributed by atoms with Gasteiger partial charge in [-0.15, -0.1) is 0 Å². The van der Waals surface area contributed by atoms with Crippen LogP contribution < -0.4 is 5.73 Å². The van der Waals surface area contributed by atoms with Gasteiger partial charge in [0.2, 0.25) is 5.91 Å². The molecule has 1 fully saturated rings. The molecule has 0 bridgehead atoms.